The molecule has 1 fully saturated rings. The van der Waals surface area contributed by atoms with Gasteiger partial charge in [0.2, 0.25) is 11.8 Å². The minimum Gasteiger partial charge on any atom is -0.480 e. The van der Waals surface area contributed by atoms with Crippen LogP contribution in [0.3, 0.4) is 0 Å². The van der Waals surface area contributed by atoms with Crippen molar-refractivity contribution in [2.75, 3.05) is 51.4 Å². The number of nitrogens with zero attached hydrogens (tertiary/aromatic N) is 4. The second-order valence-corrected chi connectivity index (χ2v) is 9.01. The van der Waals surface area contributed by atoms with E-state index in [2.05, 4.69) is 27.5 Å². The first-order valence-electron chi connectivity index (χ1n) is 11.8. The molecule has 0 aliphatic carbocycles. The van der Waals surface area contributed by atoms with Crippen molar-refractivity contribution in [3.63, 3.8) is 0 Å². The number of benzene rings is 2. The van der Waals surface area contributed by atoms with E-state index in [1.807, 2.05) is 6.07 Å². The fourth-order valence-corrected chi connectivity index (χ4v) is 4.12. The molecule has 4 aromatic rings. The lowest BCUT2D eigenvalue weighted by molar-refractivity contribution is 0.0363. The quantitative estimate of drug-likeness (QED) is 0.329. The predicted molar refractivity (Wildman–Crippen MR) is 145 cm³/mol. The van der Waals surface area contributed by atoms with Crippen LogP contribution in [0.4, 0.5) is 20.4 Å². The minimum atomic E-state index is -0.627. The number of fused-ring (bicyclic) bond motifs is 1. The summed E-state index contributed by atoms with van der Waals surface area (Å²) in [6.07, 6.45) is 1.66. The molecule has 0 atom stereocenters. The number of methoxy groups -OCH3 is 1. The Balaban J connectivity index is 0.000000317. The average molecular weight is 543 g/mol. The molecule has 2 aromatic carbocycles. The summed E-state index contributed by atoms with van der Waals surface area (Å²) in [6.45, 7) is 4.33. The summed E-state index contributed by atoms with van der Waals surface area (Å²) in [4.78, 5) is 24.2. The molecule has 0 spiro atoms. The molecule has 1 aliphatic rings. The van der Waals surface area contributed by atoms with E-state index in [0.29, 0.717) is 42.2 Å². The molecular weight excluding hydrogens is 514 g/mol. The molecule has 2 aromatic heterocycles. The summed E-state index contributed by atoms with van der Waals surface area (Å²) >= 11 is 3.70. The van der Waals surface area contributed by atoms with Crippen LogP contribution in [0.15, 0.2) is 58.4 Å². The van der Waals surface area contributed by atoms with Gasteiger partial charge in [-0.25, -0.2) is 18.7 Å². The standard InChI is InChI=1S/C20H24N6O3.C6H4F2S/c1-28-18-16(21)11-14(12-23-18)13-2-3-17-15(10-13)19(27)26(20(22)24-17)5-4-25-6-8-29-9-7-25;7-4-1-2-6(9)5(8)3-4/h2-3,10-12H,4-9,21H2,1H3,(H2,22,24);1-3,9H. The van der Waals surface area contributed by atoms with E-state index in [-0.39, 0.29) is 16.4 Å². The fourth-order valence-electron chi connectivity index (χ4n) is 3.98. The zero-order valence-electron chi connectivity index (χ0n) is 20.7. The van der Waals surface area contributed by atoms with E-state index in [4.69, 9.17) is 20.9 Å². The SMILES string of the molecule is COc1ncc(-c2ccc3nc(N)n(CCN4CCOCC4)c(=O)c3c2)cc1N.Fc1ccc(S)c(F)c1. The Morgan fingerprint density at radius 3 is 2.47 bits per heavy atom. The van der Waals surface area contributed by atoms with Gasteiger partial charge in [0, 0.05) is 48.9 Å². The Bertz CT molecular complexity index is 1490. The number of hydrogen-bond donors (Lipinski definition) is 3. The first-order valence-corrected chi connectivity index (χ1v) is 12.3. The summed E-state index contributed by atoms with van der Waals surface area (Å²) in [5, 5.41) is 0.507. The van der Waals surface area contributed by atoms with Crippen LogP contribution >= 0.6 is 12.6 Å². The molecule has 5 rings (SSSR count). The van der Waals surface area contributed by atoms with Crippen molar-refractivity contribution in [3.05, 3.63) is 70.6 Å². The molecule has 0 saturated carbocycles. The average Bonchev–Trinajstić information content (AvgIpc) is 2.91. The molecular formula is C26H28F2N6O3S. The Kier molecular flexibility index (Phi) is 8.77. The molecule has 0 unspecified atom stereocenters. The van der Waals surface area contributed by atoms with Crippen molar-refractivity contribution < 1.29 is 18.3 Å². The van der Waals surface area contributed by atoms with Gasteiger partial charge in [-0.15, -0.1) is 12.6 Å². The molecule has 4 N–H and O–H groups in total. The largest absolute Gasteiger partial charge is 0.480 e. The van der Waals surface area contributed by atoms with Crippen molar-refractivity contribution in [2.45, 2.75) is 11.4 Å². The van der Waals surface area contributed by atoms with E-state index in [0.717, 1.165) is 42.9 Å². The van der Waals surface area contributed by atoms with Crippen LogP contribution in [-0.2, 0) is 11.3 Å². The molecule has 3 heterocycles. The second kappa shape index (κ2) is 12.2. The van der Waals surface area contributed by atoms with Crippen LogP contribution in [0.5, 0.6) is 5.88 Å². The number of morpholine rings is 1. The lowest BCUT2D eigenvalue weighted by Crippen LogP contribution is -2.39. The maximum absolute atomic E-state index is 13.1. The zero-order chi connectivity index (χ0) is 27.2. The molecule has 0 amide bonds. The highest BCUT2D eigenvalue weighted by molar-refractivity contribution is 7.80. The smallest absolute Gasteiger partial charge is 0.262 e. The Hall–Kier alpha value is -3.74. The van der Waals surface area contributed by atoms with Gasteiger partial charge in [-0.05, 0) is 35.9 Å². The van der Waals surface area contributed by atoms with E-state index >= 15 is 0 Å². The highest BCUT2D eigenvalue weighted by Gasteiger charge is 2.14. The van der Waals surface area contributed by atoms with E-state index < -0.39 is 11.6 Å². The molecule has 1 aliphatic heterocycles. The highest BCUT2D eigenvalue weighted by atomic mass is 32.1. The number of aromatic nitrogens is 3. The number of hydrogen-bond acceptors (Lipinski definition) is 9. The third-order valence-electron chi connectivity index (χ3n) is 6.04. The monoisotopic (exact) mass is 542 g/mol. The van der Waals surface area contributed by atoms with Gasteiger partial charge in [-0.3, -0.25) is 14.3 Å². The Morgan fingerprint density at radius 2 is 1.82 bits per heavy atom. The zero-order valence-corrected chi connectivity index (χ0v) is 21.6. The van der Waals surface area contributed by atoms with Gasteiger partial charge < -0.3 is 20.9 Å². The normalized spacial score (nSPS) is 13.7. The van der Waals surface area contributed by atoms with Crippen LogP contribution < -0.4 is 21.8 Å². The van der Waals surface area contributed by atoms with Gasteiger partial charge >= 0.3 is 0 Å². The summed E-state index contributed by atoms with van der Waals surface area (Å²) in [5.41, 5.74) is 14.5. The van der Waals surface area contributed by atoms with E-state index in [9.17, 15) is 13.6 Å². The van der Waals surface area contributed by atoms with Crippen LogP contribution in [-0.4, -0.2) is 59.4 Å². The van der Waals surface area contributed by atoms with Crippen LogP contribution in [0.2, 0.25) is 0 Å². The van der Waals surface area contributed by atoms with Gasteiger partial charge in [-0.1, -0.05) is 6.07 Å². The van der Waals surface area contributed by atoms with E-state index in [1.165, 1.54) is 17.7 Å². The van der Waals surface area contributed by atoms with Crippen molar-refractivity contribution in [1.29, 1.82) is 0 Å². The third kappa shape index (κ3) is 6.39. The third-order valence-corrected chi connectivity index (χ3v) is 6.41. The molecule has 0 radical (unpaired) electrons. The summed E-state index contributed by atoms with van der Waals surface area (Å²) in [7, 11) is 1.52. The molecule has 38 heavy (non-hydrogen) atoms. The number of halogens is 2. The van der Waals surface area contributed by atoms with Crippen LogP contribution in [0, 0.1) is 11.6 Å². The first-order chi connectivity index (χ1) is 18.3. The fraction of sp³-hybridized carbons (Fsp3) is 0.269. The first kappa shape index (κ1) is 27.3. The molecule has 9 nitrogen and oxygen atoms in total. The Labute approximate surface area is 223 Å². The number of anilines is 2. The van der Waals surface area contributed by atoms with E-state index in [1.54, 1.807) is 24.4 Å². The van der Waals surface area contributed by atoms with Crippen LogP contribution in [0.25, 0.3) is 22.0 Å². The number of rotatable bonds is 5. The van der Waals surface area contributed by atoms with Gasteiger partial charge in [0.1, 0.15) is 11.6 Å². The Morgan fingerprint density at radius 1 is 1.05 bits per heavy atom. The summed E-state index contributed by atoms with van der Waals surface area (Å²) in [6, 6.07) is 10.5. The number of nitrogens with two attached hydrogens (primary N) is 2. The molecule has 200 valence electrons. The summed E-state index contributed by atoms with van der Waals surface area (Å²) in [5.74, 6) is -0.614. The van der Waals surface area contributed by atoms with Gasteiger partial charge in [0.15, 0.2) is 0 Å². The number of pyridine rings is 1. The van der Waals surface area contributed by atoms with Crippen LogP contribution in [0.1, 0.15) is 0 Å². The lowest BCUT2D eigenvalue weighted by Gasteiger charge is -2.26. The number of ether oxygens (including phenoxy) is 2. The molecule has 12 heteroatoms. The minimum absolute atomic E-state index is 0.156. The van der Waals surface area contributed by atoms with Gasteiger partial charge in [0.25, 0.3) is 5.56 Å². The number of thiol groups is 1. The van der Waals surface area contributed by atoms with Crippen molar-refractivity contribution in [1.82, 2.24) is 19.4 Å². The maximum atomic E-state index is 13.1. The van der Waals surface area contributed by atoms with Gasteiger partial charge in [0.05, 0.1) is 36.9 Å². The highest BCUT2D eigenvalue weighted by Crippen LogP contribution is 2.27. The van der Waals surface area contributed by atoms with Crippen molar-refractivity contribution in [2.24, 2.45) is 0 Å². The second-order valence-electron chi connectivity index (χ2n) is 8.53. The molecule has 0 bridgehead atoms. The van der Waals surface area contributed by atoms with Crippen molar-refractivity contribution in [3.8, 4) is 17.0 Å². The predicted octanol–water partition coefficient (Wildman–Crippen LogP) is 3.22. The van der Waals surface area contributed by atoms with Crippen molar-refractivity contribution >= 4 is 35.2 Å². The molecule has 1 saturated heterocycles. The maximum Gasteiger partial charge on any atom is 0.262 e. The topological polar surface area (TPSA) is 122 Å². The summed E-state index contributed by atoms with van der Waals surface area (Å²) < 4.78 is 36.3. The lowest BCUT2D eigenvalue weighted by atomic mass is 10.1. The van der Waals surface area contributed by atoms with Gasteiger partial charge in [-0.2, -0.15) is 0 Å². The number of nitrogen functional groups attached to an aromatic ring is 2.